The van der Waals surface area contributed by atoms with Gasteiger partial charge in [0.1, 0.15) is 5.82 Å². The Morgan fingerprint density at radius 3 is 2.45 bits per heavy atom. The first-order valence-electron chi connectivity index (χ1n) is 12.4. The lowest BCUT2D eigenvalue weighted by Crippen LogP contribution is -2.33. The van der Waals surface area contributed by atoms with Gasteiger partial charge in [0.2, 0.25) is 5.91 Å². The van der Waals surface area contributed by atoms with Gasteiger partial charge in [-0.3, -0.25) is 14.6 Å². The van der Waals surface area contributed by atoms with Crippen molar-refractivity contribution in [2.24, 2.45) is 12.8 Å². The summed E-state index contributed by atoms with van der Waals surface area (Å²) >= 11 is 0. The minimum atomic E-state index is -3.14. The number of aromatic nitrogens is 4. The van der Waals surface area contributed by atoms with Gasteiger partial charge in [0.25, 0.3) is 0 Å². The molecule has 0 saturated carbocycles. The van der Waals surface area contributed by atoms with Crippen molar-refractivity contribution in [3.63, 3.8) is 0 Å². The largest absolute Gasteiger partial charge is 0.401 e. The van der Waals surface area contributed by atoms with Gasteiger partial charge in [-0.2, -0.15) is 8.78 Å². The number of amides is 3. The number of hydrogen-bond donors (Lipinski definition) is 1. The maximum atomic E-state index is 13.4. The van der Waals surface area contributed by atoms with Gasteiger partial charge in [-0.25, -0.2) is 23.8 Å². The molecule has 0 aliphatic carbocycles. The average Bonchev–Trinajstić information content (AvgIpc) is 3.46. The molecule has 11 nitrogen and oxygen atoms in total. The topological polar surface area (TPSA) is 129 Å². The van der Waals surface area contributed by atoms with Gasteiger partial charge < -0.3 is 10.5 Å². The van der Waals surface area contributed by atoms with Crippen LogP contribution in [-0.4, -0.2) is 51.0 Å². The molecule has 5 rings (SSSR count). The molecule has 3 amide bonds. The fourth-order valence-corrected chi connectivity index (χ4v) is 4.74. The van der Waals surface area contributed by atoms with E-state index in [1.165, 1.54) is 7.05 Å². The minimum absolute atomic E-state index is 0.279. The second-order valence-electron chi connectivity index (χ2n) is 8.96. The van der Waals surface area contributed by atoms with Crippen LogP contribution in [0.25, 0.3) is 16.8 Å². The van der Waals surface area contributed by atoms with Crippen molar-refractivity contribution in [2.45, 2.75) is 20.0 Å². The molecule has 0 bridgehead atoms. The highest BCUT2D eigenvalue weighted by atomic mass is 19.3. The summed E-state index contributed by atoms with van der Waals surface area (Å²) in [6.07, 6.45) is 2.18. The van der Waals surface area contributed by atoms with E-state index >= 15 is 0 Å². The van der Waals surface area contributed by atoms with Crippen LogP contribution in [0.3, 0.4) is 0 Å². The highest BCUT2D eigenvalue weighted by Gasteiger charge is 2.33. The average molecular weight is 550 g/mol. The monoisotopic (exact) mass is 549 g/mol. The molecule has 1 saturated heterocycles. The Morgan fingerprint density at radius 1 is 1.05 bits per heavy atom. The van der Waals surface area contributed by atoms with Crippen molar-refractivity contribution >= 4 is 23.4 Å². The Labute approximate surface area is 227 Å². The molecular formula is C27H25F2N7O4. The molecule has 4 aromatic rings. The number of primary amides is 1. The lowest BCUT2D eigenvalue weighted by Gasteiger charge is -2.22. The summed E-state index contributed by atoms with van der Waals surface area (Å²) in [5, 5.41) is 3.73. The van der Waals surface area contributed by atoms with E-state index in [0.717, 1.165) is 25.9 Å². The summed E-state index contributed by atoms with van der Waals surface area (Å²) in [6, 6.07) is 14.3. The first-order chi connectivity index (χ1) is 19.2. The molecule has 0 spiro atoms. The van der Waals surface area contributed by atoms with Crippen LogP contribution in [0.2, 0.25) is 0 Å². The van der Waals surface area contributed by atoms with Gasteiger partial charge in [0.15, 0.2) is 0 Å². The second-order valence-corrected chi connectivity index (χ2v) is 8.96. The second kappa shape index (κ2) is 10.6. The number of rotatable bonds is 8. The van der Waals surface area contributed by atoms with Gasteiger partial charge in [0, 0.05) is 43.1 Å². The number of pyridine rings is 1. The third kappa shape index (κ3) is 4.77. The third-order valence-electron chi connectivity index (χ3n) is 6.62. The molecule has 0 atom stereocenters. The molecule has 40 heavy (non-hydrogen) atoms. The minimum Gasteiger partial charge on any atom is -0.401 e. The van der Waals surface area contributed by atoms with E-state index in [-0.39, 0.29) is 6.03 Å². The Kier molecular flexibility index (Phi) is 7.03. The zero-order valence-corrected chi connectivity index (χ0v) is 21.6. The van der Waals surface area contributed by atoms with E-state index in [0.29, 0.717) is 42.3 Å². The number of nitrogens with zero attached hydrogens (tertiary/aromatic N) is 6. The first kappa shape index (κ1) is 26.5. The number of alkyl halides is 2. The lowest BCUT2D eigenvalue weighted by molar-refractivity contribution is -0.0575. The van der Waals surface area contributed by atoms with E-state index in [9.17, 15) is 23.2 Å². The number of anilines is 2. The van der Waals surface area contributed by atoms with Gasteiger partial charge in [-0.1, -0.05) is 25.1 Å². The maximum absolute atomic E-state index is 13.4. The SMILES string of the molecule is CCc1c(-c2ccc(-n3c(OC(F)F)nn(C)c3=O)cc2)ccnc1N1CCN(c2cccc(C(N)=O)c2)C1=O. The molecule has 1 aliphatic rings. The standard InChI is InChI=1S/C27H25F2N7O4/c1-3-20-21(16-7-9-18(10-8-16)36-25(40-24(28)29)32-33(2)26(36)38)11-12-31-23(20)35-14-13-34(27(35)39)19-6-4-5-17(15-19)22(30)37/h4-12,15,24H,3,13-14H2,1-2H3,(H2,30,37). The Morgan fingerprint density at radius 2 is 1.77 bits per heavy atom. The molecular weight excluding hydrogens is 524 g/mol. The van der Waals surface area contributed by atoms with Crippen molar-refractivity contribution in [1.29, 1.82) is 0 Å². The van der Waals surface area contributed by atoms with Gasteiger partial charge in [-0.15, -0.1) is 5.10 Å². The molecule has 13 heteroatoms. The number of ether oxygens (including phenoxy) is 1. The van der Waals surface area contributed by atoms with Crippen molar-refractivity contribution in [3.8, 4) is 22.8 Å². The van der Waals surface area contributed by atoms with Gasteiger partial charge in [0.05, 0.1) is 5.69 Å². The van der Waals surface area contributed by atoms with Crippen LogP contribution in [0.1, 0.15) is 22.8 Å². The van der Waals surface area contributed by atoms with Crippen LogP contribution < -0.4 is 26.0 Å². The van der Waals surface area contributed by atoms with Crippen molar-refractivity contribution in [1.82, 2.24) is 19.3 Å². The van der Waals surface area contributed by atoms with Crippen LogP contribution in [0.5, 0.6) is 6.01 Å². The van der Waals surface area contributed by atoms with E-state index in [1.807, 2.05) is 13.0 Å². The Balaban J connectivity index is 1.46. The fraction of sp³-hybridized carbons (Fsp3) is 0.222. The number of urea groups is 1. The summed E-state index contributed by atoms with van der Waals surface area (Å²) in [7, 11) is 1.34. The summed E-state index contributed by atoms with van der Waals surface area (Å²) in [5.74, 6) is -0.0658. The molecule has 0 radical (unpaired) electrons. The molecule has 2 aromatic heterocycles. The zero-order chi connectivity index (χ0) is 28.6. The predicted octanol–water partition coefficient (Wildman–Crippen LogP) is 3.34. The lowest BCUT2D eigenvalue weighted by atomic mass is 9.98. The highest BCUT2D eigenvalue weighted by Crippen LogP contribution is 2.33. The van der Waals surface area contributed by atoms with Crippen LogP contribution in [0.15, 0.2) is 65.6 Å². The Hall–Kier alpha value is -5.07. The van der Waals surface area contributed by atoms with Crippen molar-refractivity contribution in [2.75, 3.05) is 22.9 Å². The number of carbonyl (C=O) groups is 2. The smallest absolute Gasteiger partial charge is 0.389 e. The normalized spacial score (nSPS) is 13.4. The van der Waals surface area contributed by atoms with E-state index in [2.05, 4.69) is 14.8 Å². The zero-order valence-electron chi connectivity index (χ0n) is 21.6. The molecule has 2 aromatic carbocycles. The van der Waals surface area contributed by atoms with Crippen LogP contribution in [0.4, 0.5) is 25.1 Å². The molecule has 3 heterocycles. The summed E-state index contributed by atoms with van der Waals surface area (Å²) in [4.78, 5) is 45.2. The molecule has 2 N–H and O–H groups in total. The Bertz CT molecular complexity index is 1650. The number of hydrogen-bond acceptors (Lipinski definition) is 6. The third-order valence-corrected chi connectivity index (χ3v) is 6.62. The number of halogens is 2. The fourth-order valence-electron chi connectivity index (χ4n) is 4.74. The van der Waals surface area contributed by atoms with Gasteiger partial charge in [-0.05, 0) is 53.9 Å². The van der Waals surface area contributed by atoms with E-state index < -0.39 is 24.2 Å². The number of aryl methyl sites for hydroxylation is 1. The molecule has 1 aliphatic heterocycles. The summed E-state index contributed by atoms with van der Waals surface area (Å²) in [5.41, 5.74) is 8.36. The van der Waals surface area contributed by atoms with Crippen molar-refractivity contribution < 1.29 is 23.1 Å². The highest BCUT2D eigenvalue weighted by molar-refractivity contribution is 6.07. The number of benzene rings is 2. The molecule has 206 valence electrons. The molecule has 1 fully saturated rings. The molecule has 0 unspecified atom stereocenters. The summed E-state index contributed by atoms with van der Waals surface area (Å²) < 4.78 is 32.0. The van der Waals surface area contributed by atoms with Crippen LogP contribution >= 0.6 is 0 Å². The van der Waals surface area contributed by atoms with Gasteiger partial charge >= 0.3 is 24.3 Å². The van der Waals surface area contributed by atoms with Crippen LogP contribution in [0, 0.1) is 0 Å². The van der Waals surface area contributed by atoms with E-state index in [1.54, 1.807) is 64.5 Å². The summed E-state index contributed by atoms with van der Waals surface area (Å²) in [6.45, 7) is -0.401. The quantitative estimate of drug-likeness (QED) is 0.359. The first-order valence-corrected chi connectivity index (χ1v) is 12.4. The van der Waals surface area contributed by atoms with E-state index in [4.69, 9.17) is 5.73 Å². The predicted molar refractivity (Wildman–Crippen MR) is 143 cm³/mol. The number of nitrogens with two attached hydrogens (primary N) is 1. The van der Waals surface area contributed by atoms with Crippen LogP contribution in [-0.2, 0) is 13.5 Å². The number of carbonyl (C=O) groups excluding carboxylic acids is 2. The van der Waals surface area contributed by atoms with Crippen molar-refractivity contribution in [3.05, 3.63) is 82.4 Å². The maximum Gasteiger partial charge on any atom is 0.389 e.